The van der Waals surface area contributed by atoms with Crippen molar-refractivity contribution in [2.24, 2.45) is 10.7 Å². The molecule has 0 bridgehead atoms. The number of halogens is 4. The van der Waals surface area contributed by atoms with Gasteiger partial charge in [-0.25, -0.2) is 9.37 Å². The number of aliphatic imine (C=N–C) groups is 1. The van der Waals surface area contributed by atoms with E-state index in [9.17, 15) is 22.4 Å². The predicted molar refractivity (Wildman–Crippen MR) is 131 cm³/mol. The molecule has 0 saturated heterocycles. The molecule has 1 heterocycles. The molecule has 36 heavy (non-hydrogen) atoms. The number of nitrogens with zero attached hydrogens (tertiary/aromatic N) is 3. The van der Waals surface area contributed by atoms with E-state index in [-0.39, 0.29) is 34.3 Å². The summed E-state index contributed by atoms with van der Waals surface area (Å²) in [6.45, 7) is 3.36. The zero-order chi connectivity index (χ0) is 26.3. The average Bonchev–Trinajstić information content (AvgIpc) is 2.85. The molecule has 3 rings (SSSR count). The Hall–Kier alpha value is -4.74. The van der Waals surface area contributed by atoms with Gasteiger partial charge in [0.15, 0.2) is 0 Å². The van der Waals surface area contributed by atoms with Gasteiger partial charge in [0.25, 0.3) is 0 Å². The number of rotatable bonds is 8. The summed E-state index contributed by atoms with van der Waals surface area (Å²) in [5.41, 5.74) is 5.48. The lowest BCUT2D eigenvalue weighted by Crippen LogP contribution is -2.10. The molecule has 1 amide bonds. The van der Waals surface area contributed by atoms with E-state index in [1.807, 2.05) is 0 Å². The standard InChI is InChI=1S/C24H21F4N7O/c1-3-21(36)32-16-7-8-19(25)20(10-16)34-22-18(14-5-4-6-15(9-14)24(26,27)28)13-31-23(35-22)33-17(11-29)12-30-2/h3-13H,1,29H2,2H3,(H,32,36)(H2,31,33,34,35)/b17-11+,30-12?. The van der Waals surface area contributed by atoms with Crippen LogP contribution in [0.2, 0.25) is 0 Å². The summed E-state index contributed by atoms with van der Waals surface area (Å²) in [6, 6.07) is 8.30. The summed E-state index contributed by atoms with van der Waals surface area (Å²) in [5, 5.41) is 8.10. The van der Waals surface area contributed by atoms with E-state index in [1.54, 1.807) is 0 Å². The summed E-state index contributed by atoms with van der Waals surface area (Å²) in [7, 11) is 1.52. The Morgan fingerprint density at radius 3 is 2.61 bits per heavy atom. The monoisotopic (exact) mass is 499 g/mol. The van der Waals surface area contributed by atoms with Crippen LogP contribution < -0.4 is 21.7 Å². The Kier molecular flexibility index (Phi) is 8.00. The van der Waals surface area contributed by atoms with Crippen LogP contribution in [0.15, 0.2) is 78.2 Å². The van der Waals surface area contributed by atoms with E-state index in [1.165, 1.54) is 49.9 Å². The van der Waals surface area contributed by atoms with Crippen LogP contribution in [0.3, 0.4) is 0 Å². The van der Waals surface area contributed by atoms with Crippen molar-refractivity contribution in [1.82, 2.24) is 9.97 Å². The molecule has 0 aliphatic heterocycles. The molecule has 1 aromatic heterocycles. The van der Waals surface area contributed by atoms with Crippen LogP contribution in [-0.2, 0) is 11.0 Å². The molecule has 3 aromatic rings. The highest BCUT2D eigenvalue weighted by Crippen LogP contribution is 2.35. The second kappa shape index (κ2) is 11.1. The van der Waals surface area contributed by atoms with Crippen LogP contribution in [-0.4, -0.2) is 29.1 Å². The molecule has 0 aliphatic rings. The number of carbonyl (C=O) groups is 1. The van der Waals surface area contributed by atoms with Gasteiger partial charge < -0.3 is 21.7 Å². The molecule has 12 heteroatoms. The van der Waals surface area contributed by atoms with Gasteiger partial charge in [-0.05, 0) is 42.0 Å². The fraction of sp³-hybridized carbons (Fsp3) is 0.0833. The molecule has 186 valence electrons. The number of hydrogen-bond acceptors (Lipinski definition) is 7. The fourth-order valence-electron chi connectivity index (χ4n) is 3.02. The minimum absolute atomic E-state index is 0.0114. The number of nitrogens with two attached hydrogens (primary N) is 1. The van der Waals surface area contributed by atoms with Crippen LogP contribution in [0.4, 0.5) is 40.7 Å². The van der Waals surface area contributed by atoms with Crippen molar-refractivity contribution in [1.29, 1.82) is 0 Å². The lowest BCUT2D eigenvalue weighted by Gasteiger charge is -2.16. The number of benzene rings is 2. The zero-order valence-electron chi connectivity index (χ0n) is 18.9. The maximum absolute atomic E-state index is 14.6. The molecular formula is C24H21F4N7O. The number of carbonyl (C=O) groups excluding carboxylic acids is 1. The van der Waals surface area contributed by atoms with Crippen molar-refractivity contribution in [2.45, 2.75) is 6.18 Å². The van der Waals surface area contributed by atoms with E-state index in [2.05, 4.69) is 37.5 Å². The fourth-order valence-corrected chi connectivity index (χ4v) is 3.02. The largest absolute Gasteiger partial charge is 0.416 e. The average molecular weight is 499 g/mol. The van der Waals surface area contributed by atoms with E-state index in [4.69, 9.17) is 5.73 Å². The van der Waals surface area contributed by atoms with Crippen molar-refractivity contribution in [2.75, 3.05) is 23.0 Å². The number of amides is 1. The molecule has 0 saturated carbocycles. The van der Waals surface area contributed by atoms with Crippen molar-refractivity contribution < 1.29 is 22.4 Å². The Morgan fingerprint density at radius 2 is 1.94 bits per heavy atom. The Balaban J connectivity index is 2.10. The molecule has 0 atom stereocenters. The number of hydrogen-bond donors (Lipinski definition) is 4. The first kappa shape index (κ1) is 25.9. The summed E-state index contributed by atoms with van der Waals surface area (Å²) in [6.07, 6.45) is 0.382. The first-order valence-electron chi connectivity index (χ1n) is 10.3. The number of alkyl halides is 3. The highest BCUT2D eigenvalue weighted by atomic mass is 19.4. The molecule has 5 N–H and O–H groups in total. The lowest BCUT2D eigenvalue weighted by molar-refractivity contribution is -0.137. The maximum Gasteiger partial charge on any atom is 0.416 e. The third kappa shape index (κ3) is 6.44. The highest BCUT2D eigenvalue weighted by molar-refractivity contribution is 5.99. The van der Waals surface area contributed by atoms with Gasteiger partial charge in [-0.2, -0.15) is 18.2 Å². The zero-order valence-corrected chi connectivity index (χ0v) is 18.9. The minimum atomic E-state index is -4.57. The topological polar surface area (TPSA) is 117 Å². The Bertz CT molecular complexity index is 1340. The van der Waals surface area contributed by atoms with Crippen LogP contribution in [0.1, 0.15) is 5.56 Å². The summed E-state index contributed by atoms with van der Waals surface area (Å²) >= 11 is 0. The normalized spacial score (nSPS) is 11.9. The third-order valence-corrected chi connectivity index (χ3v) is 4.67. The van der Waals surface area contributed by atoms with Crippen molar-refractivity contribution in [3.05, 3.63) is 84.6 Å². The molecule has 0 fully saturated rings. The van der Waals surface area contributed by atoms with Gasteiger partial charge in [0.2, 0.25) is 11.9 Å². The van der Waals surface area contributed by atoms with Gasteiger partial charge in [-0.15, -0.1) is 0 Å². The minimum Gasteiger partial charge on any atom is -0.403 e. The molecular weight excluding hydrogens is 478 g/mol. The summed E-state index contributed by atoms with van der Waals surface area (Å²) < 4.78 is 54.6. The summed E-state index contributed by atoms with van der Waals surface area (Å²) in [4.78, 5) is 23.9. The third-order valence-electron chi connectivity index (χ3n) is 4.67. The summed E-state index contributed by atoms with van der Waals surface area (Å²) in [5.74, 6) is -1.20. The lowest BCUT2D eigenvalue weighted by atomic mass is 10.0. The van der Waals surface area contributed by atoms with Crippen LogP contribution in [0.5, 0.6) is 0 Å². The number of allylic oxidation sites excluding steroid dienone is 1. The molecule has 0 unspecified atom stereocenters. The van der Waals surface area contributed by atoms with Crippen LogP contribution >= 0.6 is 0 Å². The van der Waals surface area contributed by atoms with Gasteiger partial charge in [0.05, 0.1) is 16.9 Å². The number of aromatic nitrogens is 2. The second-order valence-corrected chi connectivity index (χ2v) is 7.18. The molecule has 0 spiro atoms. The first-order valence-corrected chi connectivity index (χ1v) is 10.3. The van der Waals surface area contributed by atoms with Crippen molar-refractivity contribution in [3.63, 3.8) is 0 Å². The number of anilines is 4. The SMILES string of the molecule is C=CC(=O)Nc1ccc(F)c(Nc2nc(N/C(C=NC)=C/N)ncc2-c2cccc(C(F)(F)F)c2)c1. The quantitative estimate of drug-likeness (QED) is 0.195. The van der Waals surface area contributed by atoms with E-state index in [0.29, 0.717) is 5.70 Å². The predicted octanol–water partition coefficient (Wildman–Crippen LogP) is 5.08. The van der Waals surface area contributed by atoms with Crippen molar-refractivity contribution in [3.8, 4) is 11.1 Å². The molecule has 2 aromatic carbocycles. The van der Waals surface area contributed by atoms with Crippen LogP contribution in [0.25, 0.3) is 11.1 Å². The van der Waals surface area contributed by atoms with E-state index >= 15 is 0 Å². The van der Waals surface area contributed by atoms with Crippen LogP contribution in [0, 0.1) is 5.82 Å². The van der Waals surface area contributed by atoms with Gasteiger partial charge in [0.1, 0.15) is 11.6 Å². The number of nitrogens with one attached hydrogen (secondary N) is 3. The van der Waals surface area contributed by atoms with Crippen molar-refractivity contribution >= 4 is 35.3 Å². The van der Waals surface area contributed by atoms with Gasteiger partial charge in [-0.3, -0.25) is 9.79 Å². The van der Waals surface area contributed by atoms with Gasteiger partial charge in [-0.1, -0.05) is 18.7 Å². The Labute approximate surface area is 203 Å². The smallest absolute Gasteiger partial charge is 0.403 e. The maximum atomic E-state index is 14.6. The molecule has 0 radical (unpaired) electrons. The Morgan fingerprint density at radius 1 is 1.17 bits per heavy atom. The van der Waals surface area contributed by atoms with Gasteiger partial charge >= 0.3 is 6.18 Å². The van der Waals surface area contributed by atoms with E-state index in [0.717, 1.165) is 24.3 Å². The molecule has 8 nitrogen and oxygen atoms in total. The van der Waals surface area contributed by atoms with E-state index < -0.39 is 23.5 Å². The second-order valence-electron chi connectivity index (χ2n) is 7.18. The van der Waals surface area contributed by atoms with Gasteiger partial charge in [0, 0.05) is 36.9 Å². The highest BCUT2D eigenvalue weighted by Gasteiger charge is 2.30. The first-order chi connectivity index (χ1) is 17.1. The molecule has 0 aliphatic carbocycles.